The molecule has 1 saturated heterocycles. The maximum absolute atomic E-state index is 10.1. The molecule has 3 rings (SSSR count). The van der Waals surface area contributed by atoms with Gasteiger partial charge in [0.25, 0.3) is 0 Å². The topological polar surface area (TPSA) is 48.4 Å². The van der Waals surface area contributed by atoms with E-state index < -0.39 is 0 Å². The van der Waals surface area contributed by atoms with Gasteiger partial charge in [-0.25, -0.2) is 0 Å². The van der Waals surface area contributed by atoms with E-state index in [-0.39, 0.29) is 12.6 Å². The number of nitrogens with one attached hydrogen (secondary N) is 1. The Hall–Kier alpha value is -2.01. The Morgan fingerprint density at radius 2 is 1.96 bits per heavy atom. The first-order chi connectivity index (χ1) is 13.1. The van der Waals surface area contributed by atoms with Crippen LogP contribution in [0.2, 0.25) is 0 Å². The lowest BCUT2D eigenvalue weighted by Crippen LogP contribution is -2.66. The van der Waals surface area contributed by atoms with Crippen LogP contribution in [0.5, 0.6) is 0 Å². The lowest BCUT2D eigenvalue weighted by molar-refractivity contribution is -0.0496. The normalized spacial score (nSPS) is 23.1. The Morgan fingerprint density at radius 1 is 1.19 bits per heavy atom. The fraction of sp³-hybridized carbons (Fsp3) is 0.435. The molecule has 2 N–H and O–H groups in total. The van der Waals surface area contributed by atoms with Gasteiger partial charge >= 0.3 is 0 Å². The predicted molar refractivity (Wildman–Crippen MR) is 111 cm³/mol. The van der Waals surface area contributed by atoms with Crippen LogP contribution in [0.25, 0.3) is 6.08 Å². The lowest BCUT2D eigenvalue weighted by atomic mass is 9.74. The molecule has 0 spiro atoms. The summed E-state index contributed by atoms with van der Waals surface area (Å²) in [5, 5.41) is 13.7. The lowest BCUT2D eigenvalue weighted by Gasteiger charge is -2.55. The van der Waals surface area contributed by atoms with Crippen molar-refractivity contribution >= 4 is 6.08 Å². The van der Waals surface area contributed by atoms with Gasteiger partial charge in [0.05, 0.1) is 6.61 Å². The van der Waals surface area contributed by atoms with Gasteiger partial charge < -0.3 is 10.4 Å². The highest BCUT2D eigenvalue weighted by Crippen LogP contribution is 2.41. The molecular formula is C23H31N3O. The summed E-state index contributed by atoms with van der Waals surface area (Å²) in [5.74, 6) is 0.331. The van der Waals surface area contributed by atoms with Crippen LogP contribution >= 0.6 is 0 Å². The first-order valence-corrected chi connectivity index (χ1v) is 9.85. The Labute approximate surface area is 162 Å². The molecule has 4 heteroatoms. The van der Waals surface area contributed by atoms with E-state index in [1.54, 1.807) is 6.20 Å². The molecule has 3 atom stereocenters. The monoisotopic (exact) mass is 365 g/mol. The average molecular weight is 366 g/mol. The molecule has 0 unspecified atom stereocenters. The molecular weight excluding hydrogens is 334 g/mol. The maximum atomic E-state index is 10.1. The van der Waals surface area contributed by atoms with Gasteiger partial charge in [-0.2, -0.15) is 0 Å². The molecule has 4 nitrogen and oxygen atoms in total. The molecule has 1 aromatic carbocycles. The summed E-state index contributed by atoms with van der Waals surface area (Å²) in [6.45, 7) is 8.28. The standard InChI is InChI=1S/C23H31N3O/c1-4-6-18-8-10-20(11-9-18)23-21(14-25-17(2)3)26(22(23)16-27)15-19-7-5-12-24-13-19/h4-13,17,21-23,25,27H,14-16H2,1-3H3/b6-4+/t21-,22+,23+/m1/s1. The molecule has 0 bridgehead atoms. The van der Waals surface area contributed by atoms with Gasteiger partial charge in [-0.3, -0.25) is 9.88 Å². The first-order valence-electron chi connectivity index (χ1n) is 9.85. The highest BCUT2D eigenvalue weighted by molar-refractivity contribution is 5.50. The third-order valence-corrected chi connectivity index (χ3v) is 5.37. The number of hydrogen-bond donors (Lipinski definition) is 2. The second-order valence-corrected chi connectivity index (χ2v) is 7.61. The van der Waals surface area contributed by atoms with Gasteiger partial charge in [-0.05, 0) is 29.7 Å². The minimum Gasteiger partial charge on any atom is -0.395 e. The average Bonchev–Trinajstić information content (AvgIpc) is 2.67. The largest absolute Gasteiger partial charge is 0.395 e. The molecule has 144 valence electrons. The fourth-order valence-electron chi connectivity index (χ4n) is 4.04. The van der Waals surface area contributed by atoms with E-state index in [4.69, 9.17) is 0 Å². The van der Waals surface area contributed by atoms with Crippen molar-refractivity contribution in [1.82, 2.24) is 15.2 Å². The summed E-state index contributed by atoms with van der Waals surface area (Å²) in [7, 11) is 0. The van der Waals surface area contributed by atoms with Crippen LogP contribution in [-0.4, -0.2) is 46.3 Å². The highest BCUT2D eigenvalue weighted by atomic mass is 16.3. The van der Waals surface area contributed by atoms with Crippen molar-refractivity contribution in [3.63, 3.8) is 0 Å². The summed E-state index contributed by atoms with van der Waals surface area (Å²) in [5.41, 5.74) is 3.71. The van der Waals surface area contributed by atoms with Crippen LogP contribution in [0.3, 0.4) is 0 Å². The highest BCUT2D eigenvalue weighted by Gasteiger charge is 2.48. The summed E-state index contributed by atoms with van der Waals surface area (Å²) in [6.07, 6.45) is 7.89. The summed E-state index contributed by atoms with van der Waals surface area (Å²) < 4.78 is 0. The third-order valence-electron chi connectivity index (χ3n) is 5.37. The summed E-state index contributed by atoms with van der Waals surface area (Å²) >= 11 is 0. The number of benzene rings is 1. The van der Waals surface area contributed by atoms with Gasteiger partial charge in [-0.15, -0.1) is 0 Å². The van der Waals surface area contributed by atoms with Crippen molar-refractivity contribution < 1.29 is 5.11 Å². The molecule has 1 aromatic heterocycles. The first kappa shape index (κ1) is 19.7. The second-order valence-electron chi connectivity index (χ2n) is 7.61. The van der Waals surface area contributed by atoms with Crippen LogP contribution < -0.4 is 5.32 Å². The van der Waals surface area contributed by atoms with Crippen molar-refractivity contribution in [2.45, 2.75) is 51.4 Å². The van der Waals surface area contributed by atoms with E-state index >= 15 is 0 Å². The maximum Gasteiger partial charge on any atom is 0.0593 e. The number of hydrogen-bond acceptors (Lipinski definition) is 4. The van der Waals surface area contributed by atoms with E-state index in [2.05, 4.69) is 71.5 Å². The van der Waals surface area contributed by atoms with Gasteiger partial charge in [0.1, 0.15) is 0 Å². The van der Waals surface area contributed by atoms with Crippen molar-refractivity contribution in [2.75, 3.05) is 13.2 Å². The van der Waals surface area contributed by atoms with Gasteiger partial charge in [-0.1, -0.05) is 56.3 Å². The number of allylic oxidation sites excluding steroid dienone is 1. The van der Waals surface area contributed by atoms with Crippen LogP contribution in [0.15, 0.2) is 54.9 Å². The van der Waals surface area contributed by atoms with Crippen LogP contribution in [0.4, 0.5) is 0 Å². The summed E-state index contributed by atoms with van der Waals surface area (Å²) in [4.78, 5) is 6.65. The van der Waals surface area contributed by atoms with E-state index in [1.165, 1.54) is 16.7 Å². The molecule has 0 amide bonds. The number of aliphatic hydroxyl groups excluding tert-OH is 1. The molecule has 0 saturated carbocycles. The van der Waals surface area contributed by atoms with E-state index in [0.29, 0.717) is 18.0 Å². The molecule has 2 aromatic rings. The molecule has 1 aliphatic rings. The third kappa shape index (κ3) is 4.64. The van der Waals surface area contributed by atoms with Crippen LogP contribution in [0.1, 0.15) is 43.4 Å². The zero-order valence-corrected chi connectivity index (χ0v) is 16.5. The van der Waals surface area contributed by atoms with Crippen molar-refractivity contribution in [3.8, 4) is 0 Å². The minimum atomic E-state index is 0.136. The summed E-state index contributed by atoms with van der Waals surface area (Å²) in [6, 6.07) is 13.8. The fourth-order valence-corrected chi connectivity index (χ4v) is 4.04. The molecule has 27 heavy (non-hydrogen) atoms. The Bertz CT molecular complexity index is 727. The number of aliphatic hydroxyl groups is 1. The van der Waals surface area contributed by atoms with Gasteiger partial charge in [0, 0.05) is 49.5 Å². The quantitative estimate of drug-likeness (QED) is 0.752. The molecule has 2 heterocycles. The predicted octanol–water partition coefficient (Wildman–Crippen LogP) is 3.44. The smallest absolute Gasteiger partial charge is 0.0593 e. The SMILES string of the molecule is C/C=C/c1ccc([C@H]2[C@@H](CNC(C)C)N(Cc3cccnc3)[C@H]2CO)cc1. The number of pyridine rings is 1. The van der Waals surface area contributed by atoms with Crippen molar-refractivity contribution in [3.05, 3.63) is 71.6 Å². The Kier molecular flexibility index (Phi) is 6.78. The Balaban J connectivity index is 1.81. The van der Waals surface area contributed by atoms with Crippen molar-refractivity contribution in [2.24, 2.45) is 0 Å². The van der Waals surface area contributed by atoms with E-state index in [9.17, 15) is 5.11 Å². The van der Waals surface area contributed by atoms with Gasteiger partial charge in [0.2, 0.25) is 0 Å². The molecule has 0 aliphatic carbocycles. The van der Waals surface area contributed by atoms with Crippen LogP contribution in [-0.2, 0) is 6.54 Å². The number of rotatable bonds is 8. The van der Waals surface area contributed by atoms with E-state index in [0.717, 1.165) is 13.1 Å². The number of aromatic nitrogens is 1. The van der Waals surface area contributed by atoms with E-state index in [1.807, 2.05) is 19.2 Å². The van der Waals surface area contributed by atoms with Crippen LogP contribution in [0, 0.1) is 0 Å². The Morgan fingerprint density at radius 3 is 2.56 bits per heavy atom. The van der Waals surface area contributed by atoms with Crippen molar-refractivity contribution in [1.29, 1.82) is 0 Å². The zero-order chi connectivity index (χ0) is 19.2. The molecule has 1 fully saturated rings. The minimum absolute atomic E-state index is 0.136. The zero-order valence-electron chi connectivity index (χ0n) is 16.5. The van der Waals surface area contributed by atoms with Gasteiger partial charge in [0.15, 0.2) is 0 Å². The number of nitrogens with zero attached hydrogens (tertiary/aromatic N) is 2. The second kappa shape index (κ2) is 9.27. The molecule has 0 radical (unpaired) electrons. The molecule has 1 aliphatic heterocycles. The number of likely N-dealkylation sites (tertiary alicyclic amines) is 1.